The Balaban J connectivity index is 1.62. The maximum absolute atomic E-state index is 12.6. The summed E-state index contributed by atoms with van der Waals surface area (Å²) < 4.78 is 15.6. The topological polar surface area (TPSA) is 110 Å². The van der Waals surface area contributed by atoms with E-state index in [4.69, 9.17) is 14.2 Å². The molecule has 0 unspecified atom stereocenters. The summed E-state index contributed by atoms with van der Waals surface area (Å²) in [5.74, 6) is 1.13. The molecule has 0 bridgehead atoms. The van der Waals surface area contributed by atoms with Crippen LogP contribution in [0.25, 0.3) is 6.08 Å². The number of amides is 2. The van der Waals surface area contributed by atoms with Crippen molar-refractivity contribution in [2.75, 3.05) is 33.2 Å². The van der Waals surface area contributed by atoms with Crippen molar-refractivity contribution in [2.45, 2.75) is 6.42 Å². The number of carbonyl (C=O) groups is 2. The fourth-order valence-corrected chi connectivity index (χ4v) is 3.42. The van der Waals surface area contributed by atoms with Crippen LogP contribution in [0.5, 0.6) is 17.2 Å². The van der Waals surface area contributed by atoms with Crippen LogP contribution in [0.2, 0.25) is 0 Å². The first-order valence-electron chi connectivity index (χ1n) is 11.1. The van der Waals surface area contributed by atoms with E-state index in [-0.39, 0.29) is 11.5 Å². The highest BCUT2D eigenvalue weighted by Crippen LogP contribution is 2.27. The van der Waals surface area contributed by atoms with Gasteiger partial charge in [0.25, 0.3) is 11.8 Å². The van der Waals surface area contributed by atoms with Crippen molar-refractivity contribution in [1.29, 1.82) is 5.26 Å². The molecule has 3 aromatic rings. The number of nitrogens with one attached hydrogen (secondary N) is 2. The third-order valence-corrected chi connectivity index (χ3v) is 5.32. The van der Waals surface area contributed by atoms with Gasteiger partial charge in [-0.3, -0.25) is 9.59 Å². The molecule has 3 aromatic carbocycles. The third kappa shape index (κ3) is 6.87. The molecular weight excluding hydrogens is 458 g/mol. The van der Waals surface area contributed by atoms with Crippen LogP contribution in [0, 0.1) is 11.3 Å². The van der Waals surface area contributed by atoms with Gasteiger partial charge >= 0.3 is 0 Å². The zero-order chi connectivity index (χ0) is 25.9. The highest BCUT2D eigenvalue weighted by molar-refractivity contribution is 6.05. The van der Waals surface area contributed by atoms with E-state index in [1.807, 2.05) is 18.2 Å². The number of methoxy groups -OCH3 is 3. The van der Waals surface area contributed by atoms with E-state index >= 15 is 0 Å². The molecule has 0 atom stereocenters. The van der Waals surface area contributed by atoms with Gasteiger partial charge in [-0.1, -0.05) is 18.2 Å². The Morgan fingerprint density at radius 3 is 2.33 bits per heavy atom. The van der Waals surface area contributed by atoms with Gasteiger partial charge in [0.15, 0.2) is 11.5 Å². The second-order valence-corrected chi connectivity index (χ2v) is 7.67. The van der Waals surface area contributed by atoms with Gasteiger partial charge in [-0.2, -0.15) is 5.26 Å². The van der Waals surface area contributed by atoms with Crippen molar-refractivity contribution >= 4 is 23.6 Å². The van der Waals surface area contributed by atoms with Crippen LogP contribution >= 0.6 is 0 Å². The van der Waals surface area contributed by atoms with E-state index in [0.717, 1.165) is 5.56 Å². The highest BCUT2D eigenvalue weighted by Gasteiger charge is 2.11. The molecule has 0 aliphatic heterocycles. The van der Waals surface area contributed by atoms with Crippen molar-refractivity contribution in [2.24, 2.45) is 0 Å². The molecule has 0 saturated heterocycles. The average Bonchev–Trinajstić information content (AvgIpc) is 2.91. The van der Waals surface area contributed by atoms with Gasteiger partial charge in [0.2, 0.25) is 0 Å². The van der Waals surface area contributed by atoms with E-state index in [2.05, 4.69) is 10.6 Å². The summed E-state index contributed by atoms with van der Waals surface area (Å²) in [6.07, 6.45) is 2.03. The molecule has 0 fully saturated rings. The summed E-state index contributed by atoms with van der Waals surface area (Å²) in [7, 11) is 4.69. The summed E-state index contributed by atoms with van der Waals surface area (Å²) in [4.78, 5) is 25.1. The molecular formula is C28H27N3O5. The van der Waals surface area contributed by atoms with Gasteiger partial charge in [-0.15, -0.1) is 0 Å². The minimum absolute atomic E-state index is 0.0408. The minimum atomic E-state index is -0.481. The largest absolute Gasteiger partial charge is 0.497 e. The van der Waals surface area contributed by atoms with Gasteiger partial charge < -0.3 is 24.8 Å². The maximum atomic E-state index is 12.6. The van der Waals surface area contributed by atoms with Crippen LogP contribution in [0.1, 0.15) is 21.5 Å². The molecule has 2 N–H and O–H groups in total. The second-order valence-electron chi connectivity index (χ2n) is 7.67. The van der Waals surface area contributed by atoms with Gasteiger partial charge in [0.1, 0.15) is 17.4 Å². The third-order valence-electron chi connectivity index (χ3n) is 5.32. The summed E-state index contributed by atoms with van der Waals surface area (Å²) in [5.41, 5.74) is 2.53. The molecule has 0 aliphatic rings. The molecule has 0 aliphatic carbocycles. The first-order valence-corrected chi connectivity index (χ1v) is 11.1. The lowest BCUT2D eigenvalue weighted by atomic mass is 10.1. The maximum Gasteiger partial charge on any atom is 0.261 e. The Labute approximate surface area is 210 Å². The van der Waals surface area contributed by atoms with Crippen LogP contribution in [-0.2, 0) is 11.2 Å². The summed E-state index contributed by atoms with van der Waals surface area (Å²) in [6.45, 7) is 0.339. The lowest BCUT2D eigenvalue weighted by Crippen LogP contribution is -2.26. The molecule has 0 saturated carbocycles. The number of nitriles is 1. The molecule has 36 heavy (non-hydrogen) atoms. The summed E-state index contributed by atoms with van der Waals surface area (Å²) >= 11 is 0. The van der Waals surface area contributed by atoms with Crippen LogP contribution in [0.4, 0.5) is 5.69 Å². The Morgan fingerprint density at radius 1 is 0.917 bits per heavy atom. The molecule has 0 heterocycles. The van der Waals surface area contributed by atoms with Crippen molar-refractivity contribution in [3.8, 4) is 23.3 Å². The van der Waals surface area contributed by atoms with Gasteiger partial charge in [0, 0.05) is 17.8 Å². The molecule has 0 spiro atoms. The number of benzene rings is 3. The van der Waals surface area contributed by atoms with Gasteiger partial charge in [0.05, 0.1) is 21.3 Å². The summed E-state index contributed by atoms with van der Waals surface area (Å²) in [5, 5.41) is 15.1. The van der Waals surface area contributed by atoms with E-state index in [1.54, 1.807) is 75.9 Å². The lowest BCUT2D eigenvalue weighted by Gasteiger charge is -2.10. The molecule has 184 valence electrons. The van der Waals surface area contributed by atoms with Crippen LogP contribution < -0.4 is 24.8 Å². The second kappa shape index (κ2) is 12.6. The summed E-state index contributed by atoms with van der Waals surface area (Å²) in [6, 6.07) is 21.1. The molecule has 8 heteroatoms. The number of rotatable bonds is 10. The predicted molar refractivity (Wildman–Crippen MR) is 137 cm³/mol. The first kappa shape index (κ1) is 25.8. The van der Waals surface area contributed by atoms with E-state index in [0.29, 0.717) is 47.0 Å². The first-order chi connectivity index (χ1) is 17.5. The van der Waals surface area contributed by atoms with Crippen molar-refractivity contribution in [3.05, 3.63) is 89.0 Å². The zero-order valence-corrected chi connectivity index (χ0v) is 20.3. The normalized spacial score (nSPS) is 10.7. The number of carbonyl (C=O) groups excluding carboxylic acids is 2. The number of hydrogen-bond donors (Lipinski definition) is 2. The fraction of sp³-hybridized carbons (Fsp3) is 0.179. The van der Waals surface area contributed by atoms with Crippen molar-refractivity contribution < 1.29 is 23.8 Å². The SMILES string of the molecule is COc1ccc(C(=O)Nc2cccc(/C=C(\C#N)C(=O)NCCc3ccc(OC)c(OC)c3)c2)cc1. The number of hydrogen-bond acceptors (Lipinski definition) is 6. The number of nitrogens with zero attached hydrogens (tertiary/aromatic N) is 1. The van der Waals surface area contributed by atoms with Crippen LogP contribution in [0.3, 0.4) is 0 Å². The molecule has 0 radical (unpaired) electrons. The quantitative estimate of drug-likeness (QED) is 0.329. The molecule has 3 rings (SSSR count). The van der Waals surface area contributed by atoms with Crippen LogP contribution in [-0.4, -0.2) is 39.7 Å². The van der Waals surface area contributed by atoms with Crippen molar-refractivity contribution in [3.63, 3.8) is 0 Å². The number of anilines is 1. The average molecular weight is 486 g/mol. The lowest BCUT2D eigenvalue weighted by molar-refractivity contribution is -0.117. The standard InChI is InChI=1S/C28H27N3O5/c1-34-24-10-8-21(9-11-24)28(33)31-23-6-4-5-20(16-23)15-22(18-29)27(32)30-14-13-19-7-12-25(35-2)26(17-19)36-3/h4-12,15-17H,13-14H2,1-3H3,(H,30,32)(H,31,33)/b22-15+. The van der Waals surface area contributed by atoms with Gasteiger partial charge in [-0.05, 0) is 72.2 Å². The monoisotopic (exact) mass is 485 g/mol. The molecule has 0 aromatic heterocycles. The predicted octanol–water partition coefficient (Wildman–Crippen LogP) is 4.23. The Kier molecular flexibility index (Phi) is 9.06. The Morgan fingerprint density at radius 2 is 1.67 bits per heavy atom. The smallest absolute Gasteiger partial charge is 0.261 e. The van der Waals surface area contributed by atoms with E-state index < -0.39 is 5.91 Å². The fourth-order valence-electron chi connectivity index (χ4n) is 3.42. The molecule has 2 amide bonds. The number of ether oxygens (including phenoxy) is 3. The van der Waals surface area contributed by atoms with Gasteiger partial charge in [-0.25, -0.2) is 0 Å². The molecule has 8 nitrogen and oxygen atoms in total. The van der Waals surface area contributed by atoms with E-state index in [9.17, 15) is 14.9 Å². The highest BCUT2D eigenvalue weighted by atomic mass is 16.5. The Hall–Kier alpha value is -4.77. The minimum Gasteiger partial charge on any atom is -0.497 e. The zero-order valence-electron chi connectivity index (χ0n) is 20.3. The Bertz CT molecular complexity index is 1290. The van der Waals surface area contributed by atoms with Crippen molar-refractivity contribution in [1.82, 2.24) is 5.32 Å². The van der Waals surface area contributed by atoms with Crippen LogP contribution in [0.15, 0.2) is 72.3 Å². The van der Waals surface area contributed by atoms with E-state index in [1.165, 1.54) is 6.08 Å².